The molecule has 0 unspecified atom stereocenters. The predicted molar refractivity (Wildman–Crippen MR) is 102 cm³/mol. The SMILES string of the molecule is Cc1ncc(-c2cccc(NC(=O)C=Cc3ccccc3Cl)c2)n1C. The van der Waals surface area contributed by atoms with Crippen LogP contribution < -0.4 is 5.32 Å². The lowest BCUT2D eigenvalue weighted by Crippen LogP contribution is -2.07. The van der Waals surface area contributed by atoms with Gasteiger partial charge >= 0.3 is 0 Å². The fourth-order valence-corrected chi connectivity index (χ4v) is 2.68. The Morgan fingerprint density at radius 1 is 1.20 bits per heavy atom. The number of anilines is 1. The molecule has 0 atom stereocenters. The van der Waals surface area contributed by atoms with Crippen LogP contribution in [0.3, 0.4) is 0 Å². The highest BCUT2D eigenvalue weighted by Gasteiger charge is 2.07. The van der Waals surface area contributed by atoms with Crippen LogP contribution in [-0.2, 0) is 11.8 Å². The van der Waals surface area contributed by atoms with Crippen molar-refractivity contribution in [1.82, 2.24) is 9.55 Å². The van der Waals surface area contributed by atoms with Crippen molar-refractivity contribution in [2.24, 2.45) is 7.05 Å². The van der Waals surface area contributed by atoms with Gasteiger partial charge in [0.1, 0.15) is 5.82 Å². The van der Waals surface area contributed by atoms with Gasteiger partial charge < -0.3 is 9.88 Å². The Hall–Kier alpha value is -2.85. The molecule has 0 radical (unpaired) electrons. The molecule has 126 valence electrons. The van der Waals surface area contributed by atoms with Gasteiger partial charge in [0.05, 0.1) is 11.9 Å². The molecule has 5 heteroatoms. The molecule has 4 nitrogen and oxygen atoms in total. The first-order chi connectivity index (χ1) is 12.0. The number of halogens is 1. The van der Waals surface area contributed by atoms with Crippen molar-refractivity contribution in [3.05, 3.63) is 77.2 Å². The van der Waals surface area contributed by atoms with E-state index < -0.39 is 0 Å². The highest BCUT2D eigenvalue weighted by molar-refractivity contribution is 6.32. The number of aromatic nitrogens is 2. The quantitative estimate of drug-likeness (QED) is 0.692. The second kappa shape index (κ2) is 7.36. The molecule has 2 aromatic carbocycles. The van der Waals surface area contributed by atoms with Crippen molar-refractivity contribution in [3.8, 4) is 11.3 Å². The Kier molecular flexibility index (Phi) is 5.00. The monoisotopic (exact) mass is 351 g/mol. The van der Waals surface area contributed by atoms with E-state index in [-0.39, 0.29) is 5.91 Å². The number of aryl methyl sites for hydroxylation is 1. The smallest absolute Gasteiger partial charge is 0.248 e. The number of carbonyl (C=O) groups excluding carboxylic acids is 1. The molecule has 0 aliphatic rings. The molecule has 3 aromatic rings. The summed E-state index contributed by atoms with van der Waals surface area (Å²) in [6.07, 6.45) is 5.00. The summed E-state index contributed by atoms with van der Waals surface area (Å²) in [7, 11) is 1.97. The van der Waals surface area contributed by atoms with Gasteiger partial charge in [0.25, 0.3) is 0 Å². The molecule has 1 amide bonds. The summed E-state index contributed by atoms with van der Waals surface area (Å²) in [5.41, 5.74) is 3.53. The molecule has 1 heterocycles. The van der Waals surface area contributed by atoms with Crippen molar-refractivity contribution in [2.75, 3.05) is 5.32 Å². The summed E-state index contributed by atoms with van der Waals surface area (Å²) in [5, 5.41) is 3.48. The van der Waals surface area contributed by atoms with E-state index in [1.807, 2.05) is 67.2 Å². The van der Waals surface area contributed by atoms with Crippen LogP contribution in [-0.4, -0.2) is 15.5 Å². The van der Waals surface area contributed by atoms with Crippen molar-refractivity contribution in [2.45, 2.75) is 6.92 Å². The van der Waals surface area contributed by atoms with Crippen molar-refractivity contribution >= 4 is 29.3 Å². The third-order valence-corrected chi connectivity index (χ3v) is 4.31. The standard InChI is InChI=1S/C20H18ClN3O/c1-14-22-13-19(24(14)2)16-7-5-8-17(12-16)23-20(25)11-10-15-6-3-4-9-18(15)21/h3-13H,1-2H3,(H,23,25). The summed E-state index contributed by atoms with van der Waals surface area (Å²) >= 11 is 6.08. The lowest BCUT2D eigenvalue weighted by atomic mass is 10.1. The Bertz CT molecular complexity index is 944. The zero-order valence-corrected chi connectivity index (χ0v) is 14.8. The van der Waals surface area contributed by atoms with Gasteiger partial charge in [-0.3, -0.25) is 4.79 Å². The van der Waals surface area contributed by atoms with E-state index in [2.05, 4.69) is 10.3 Å². The van der Waals surface area contributed by atoms with Gasteiger partial charge in [0, 0.05) is 29.4 Å². The highest BCUT2D eigenvalue weighted by atomic mass is 35.5. The largest absolute Gasteiger partial charge is 0.331 e. The number of nitrogens with zero attached hydrogens (tertiary/aromatic N) is 2. The Morgan fingerprint density at radius 2 is 2.00 bits per heavy atom. The summed E-state index contributed by atoms with van der Waals surface area (Å²) in [6, 6.07) is 15.1. The van der Waals surface area contributed by atoms with E-state index in [9.17, 15) is 4.79 Å². The number of benzene rings is 2. The first kappa shape index (κ1) is 17.0. The number of amides is 1. The second-order valence-corrected chi connectivity index (χ2v) is 6.08. The molecule has 0 saturated heterocycles. The minimum Gasteiger partial charge on any atom is -0.331 e. The van der Waals surface area contributed by atoms with Crippen LogP contribution in [0.15, 0.2) is 60.8 Å². The van der Waals surface area contributed by atoms with Crippen LogP contribution in [0.25, 0.3) is 17.3 Å². The van der Waals surface area contributed by atoms with E-state index >= 15 is 0 Å². The van der Waals surface area contributed by atoms with Crippen LogP contribution in [0, 0.1) is 6.92 Å². The Labute approximate surface area is 151 Å². The van der Waals surface area contributed by atoms with Crippen molar-refractivity contribution in [1.29, 1.82) is 0 Å². The number of nitrogens with one attached hydrogen (secondary N) is 1. The zero-order chi connectivity index (χ0) is 17.8. The normalized spacial score (nSPS) is 11.0. The third-order valence-electron chi connectivity index (χ3n) is 3.97. The summed E-state index contributed by atoms with van der Waals surface area (Å²) in [4.78, 5) is 16.5. The van der Waals surface area contributed by atoms with Crippen molar-refractivity contribution in [3.63, 3.8) is 0 Å². The van der Waals surface area contributed by atoms with Crippen LogP contribution in [0.5, 0.6) is 0 Å². The summed E-state index contributed by atoms with van der Waals surface area (Å²) in [6.45, 7) is 1.95. The maximum atomic E-state index is 12.2. The summed E-state index contributed by atoms with van der Waals surface area (Å²) in [5.74, 6) is 0.727. The topological polar surface area (TPSA) is 46.9 Å². The molecule has 1 aromatic heterocycles. The maximum Gasteiger partial charge on any atom is 0.248 e. The number of hydrogen-bond donors (Lipinski definition) is 1. The number of imidazole rings is 1. The first-order valence-electron chi connectivity index (χ1n) is 7.87. The van der Waals surface area contributed by atoms with E-state index in [1.54, 1.807) is 12.1 Å². The lowest BCUT2D eigenvalue weighted by Gasteiger charge is -2.07. The average Bonchev–Trinajstić information content (AvgIpc) is 2.94. The molecule has 0 spiro atoms. The predicted octanol–water partition coefficient (Wildman–Crippen LogP) is 4.70. The molecule has 0 aliphatic heterocycles. The van der Waals surface area contributed by atoms with E-state index in [0.717, 1.165) is 28.3 Å². The molecule has 0 saturated carbocycles. The first-order valence-corrected chi connectivity index (χ1v) is 8.25. The molecule has 1 N–H and O–H groups in total. The summed E-state index contributed by atoms with van der Waals surface area (Å²) < 4.78 is 2.01. The fraction of sp³-hybridized carbons (Fsp3) is 0.100. The Balaban J connectivity index is 1.75. The fourth-order valence-electron chi connectivity index (χ4n) is 2.49. The van der Waals surface area contributed by atoms with Crippen LogP contribution in [0.4, 0.5) is 5.69 Å². The molecule has 25 heavy (non-hydrogen) atoms. The minimum atomic E-state index is -0.210. The van der Waals surface area contributed by atoms with Gasteiger partial charge in [-0.15, -0.1) is 0 Å². The third kappa shape index (κ3) is 3.98. The molecule has 0 bridgehead atoms. The van der Waals surface area contributed by atoms with Crippen LogP contribution in [0.1, 0.15) is 11.4 Å². The average molecular weight is 352 g/mol. The van der Waals surface area contributed by atoms with E-state index in [1.165, 1.54) is 6.08 Å². The van der Waals surface area contributed by atoms with Crippen molar-refractivity contribution < 1.29 is 4.79 Å². The van der Waals surface area contributed by atoms with Gasteiger partial charge in [-0.25, -0.2) is 4.98 Å². The van der Waals surface area contributed by atoms with Gasteiger partial charge in [-0.1, -0.05) is 41.9 Å². The highest BCUT2D eigenvalue weighted by Crippen LogP contribution is 2.23. The van der Waals surface area contributed by atoms with Crippen LogP contribution >= 0.6 is 11.6 Å². The second-order valence-electron chi connectivity index (χ2n) is 5.67. The van der Waals surface area contributed by atoms with Gasteiger partial charge in [0.15, 0.2) is 0 Å². The number of hydrogen-bond acceptors (Lipinski definition) is 2. The van der Waals surface area contributed by atoms with Gasteiger partial charge in [-0.05, 0) is 36.8 Å². The molecule has 3 rings (SSSR count). The zero-order valence-electron chi connectivity index (χ0n) is 14.0. The minimum absolute atomic E-state index is 0.210. The molecular formula is C20H18ClN3O. The molecule has 0 fully saturated rings. The maximum absolute atomic E-state index is 12.2. The van der Waals surface area contributed by atoms with Gasteiger partial charge in [-0.2, -0.15) is 0 Å². The van der Waals surface area contributed by atoms with E-state index in [4.69, 9.17) is 11.6 Å². The number of rotatable bonds is 4. The van der Waals surface area contributed by atoms with Crippen LogP contribution in [0.2, 0.25) is 5.02 Å². The molecule has 0 aliphatic carbocycles. The lowest BCUT2D eigenvalue weighted by molar-refractivity contribution is -0.111. The van der Waals surface area contributed by atoms with E-state index in [0.29, 0.717) is 5.02 Å². The van der Waals surface area contributed by atoms with Gasteiger partial charge in [0.2, 0.25) is 5.91 Å². The Morgan fingerprint density at radius 3 is 2.72 bits per heavy atom. The molecular weight excluding hydrogens is 334 g/mol. The number of carbonyl (C=O) groups is 1.